The van der Waals surface area contributed by atoms with Crippen molar-refractivity contribution < 1.29 is 19.4 Å². The van der Waals surface area contributed by atoms with Gasteiger partial charge in [-0.1, -0.05) is 6.92 Å². The molecule has 0 atom stereocenters. The molecule has 2 saturated carbocycles. The fraction of sp³-hybridized carbons (Fsp3) is 0.941. The van der Waals surface area contributed by atoms with Crippen LogP contribution in [0.2, 0.25) is 0 Å². The Balaban J connectivity index is 1.71. The summed E-state index contributed by atoms with van der Waals surface area (Å²) in [5, 5.41) is 10.6. The van der Waals surface area contributed by atoms with E-state index in [-0.39, 0.29) is 11.9 Å². The minimum atomic E-state index is -0.744. The van der Waals surface area contributed by atoms with Crippen LogP contribution in [-0.4, -0.2) is 36.0 Å². The largest absolute Gasteiger partial charge is 0.466 e. The Bertz CT molecular complexity index is 326. The molecule has 0 heterocycles. The fourth-order valence-electron chi connectivity index (χ4n) is 3.46. The highest BCUT2D eigenvalue weighted by Gasteiger charge is 2.37. The molecule has 0 bridgehead atoms. The molecule has 0 unspecified atom stereocenters. The van der Waals surface area contributed by atoms with Crippen molar-refractivity contribution in [1.29, 1.82) is 0 Å². The first kappa shape index (κ1) is 16.8. The Morgan fingerprint density at radius 2 is 1.76 bits per heavy atom. The van der Waals surface area contributed by atoms with E-state index < -0.39 is 5.60 Å². The van der Waals surface area contributed by atoms with Crippen LogP contribution in [0, 0.1) is 11.8 Å². The third-order valence-electron chi connectivity index (χ3n) is 5.09. The van der Waals surface area contributed by atoms with Crippen LogP contribution in [0.25, 0.3) is 0 Å². The first-order chi connectivity index (χ1) is 10.0. The van der Waals surface area contributed by atoms with Gasteiger partial charge in [-0.2, -0.15) is 0 Å². The van der Waals surface area contributed by atoms with Crippen LogP contribution < -0.4 is 0 Å². The molecule has 4 nitrogen and oxygen atoms in total. The second kappa shape index (κ2) is 7.59. The lowest BCUT2D eigenvalue weighted by molar-refractivity contribution is -0.153. The van der Waals surface area contributed by atoms with E-state index in [2.05, 4.69) is 6.92 Å². The van der Waals surface area contributed by atoms with Gasteiger partial charge in [0.05, 0.1) is 30.8 Å². The van der Waals surface area contributed by atoms with Crippen molar-refractivity contribution >= 4 is 5.97 Å². The summed E-state index contributed by atoms with van der Waals surface area (Å²) in [6, 6.07) is 0. The summed E-state index contributed by atoms with van der Waals surface area (Å²) in [5.41, 5.74) is -0.744. The molecule has 0 radical (unpaired) electrons. The van der Waals surface area contributed by atoms with Crippen LogP contribution >= 0.6 is 0 Å². The van der Waals surface area contributed by atoms with Crippen molar-refractivity contribution in [3.63, 3.8) is 0 Å². The second-order valence-corrected chi connectivity index (χ2v) is 6.94. The number of esters is 1. The van der Waals surface area contributed by atoms with Crippen molar-refractivity contribution in [3.05, 3.63) is 0 Å². The van der Waals surface area contributed by atoms with Gasteiger partial charge in [0.25, 0.3) is 0 Å². The monoisotopic (exact) mass is 298 g/mol. The van der Waals surface area contributed by atoms with Crippen molar-refractivity contribution in [2.45, 2.75) is 76.9 Å². The average Bonchev–Trinajstić information content (AvgIpc) is 2.48. The molecule has 2 fully saturated rings. The van der Waals surface area contributed by atoms with Gasteiger partial charge in [-0.15, -0.1) is 0 Å². The number of carbonyl (C=O) groups is 1. The molecule has 0 aromatic heterocycles. The molecule has 0 amide bonds. The maximum absolute atomic E-state index is 11.7. The highest BCUT2D eigenvalue weighted by Crippen LogP contribution is 2.34. The van der Waals surface area contributed by atoms with Crippen LogP contribution in [0.15, 0.2) is 0 Å². The number of hydrogen-bond donors (Lipinski definition) is 1. The zero-order valence-corrected chi connectivity index (χ0v) is 13.5. The first-order valence-electron chi connectivity index (χ1n) is 8.53. The number of aliphatic hydroxyl groups is 1. The lowest BCUT2D eigenvalue weighted by Crippen LogP contribution is -2.41. The van der Waals surface area contributed by atoms with Gasteiger partial charge >= 0.3 is 5.97 Å². The van der Waals surface area contributed by atoms with E-state index >= 15 is 0 Å². The molecule has 0 aromatic rings. The minimum absolute atomic E-state index is 0.0410. The average molecular weight is 298 g/mol. The van der Waals surface area contributed by atoms with Gasteiger partial charge in [0.15, 0.2) is 0 Å². The molecular formula is C17H30O4. The van der Waals surface area contributed by atoms with E-state index in [1.54, 1.807) is 0 Å². The second-order valence-electron chi connectivity index (χ2n) is 6.94. The summed E-state index contributed by atoms with van der Waals surface area (Å²) in [4.78, 5) is 11.7. The van der Waals surface area contributed by atoms with Crippen LogP contribution in [0.4, 0.5) is 0 Å². The van der Waals surface area contributed by atoms with E-state index in [0.717, 1.165) is 18.8 Å². The zero-order chi connectivity index (χ0) is 15.3. The first-order valence-corrected chi connectivity index (χ1v) is 8.53. The minimum Gasteiger partial charge on any atom is -0.466 e. The summed E-state index contributed by atoms with van der Waals surface area (Å²) in [6.45, 7) is 4.97. The lowest BCUT2D eigenvalue weighted by Gasteiger charge is -2.36. The van der Waals surface area contributed by atoms with Gasteiger partial charge in [0.2, 0.25) is 0 Å². The zero-order valence-electron chi connectivity index (χ0n) is 13.5. The highest BCUT2D eigenvalue weighted by atomic mass is 16.5. The van der Waals surface area contributed by atoms with E-state index in [4.69, 9.17) is 9.47 Å². The Kier molecular flexibility index (Phi) is 6.06. The Morgan fingerprint density at radius 3 is 2.33 bits per heavy atom. The van der Waals surface area contributed by atoms with E-state index in [9.17, 15) is 9.90 Å². The third-order valence-corrected chi connectivity index (χ3v) is 5.09. The number of carbonyl (C=O) groups excluding carboxylic acids is 1. The normalized spacial score (nSPS) is 37.2. The predicted octanol–water partition coefficient (Wildman–Crippen LogP) is 3.07. The maximum atomic E-state index is 11.7. The number of ether oxygens (including phenoxy) is 2. The smallest absolute Gasteiger partial charge is 0.308 e. The predicted molar refractivity (Wildman–Crippen MR) is 80.9 cm³/mol. The van der Waals surface area contributed by atoms with E-state index in [0.29, 0.717) is 45.0 Å². The SMILES string of the molecule is CCOC(=O)C1CCC(O)(COC2CCC(C)CC2)CC1. The quantitative estimate of drug-likeness (QED) is 0.793. The van der Waals surface area contributed by atoms with Gasteiger partial charge in [-0.3, -0.25) is 4.79 Å². The summed E-state index contributed by atoms with van der Waals surface area (Å²) < 4.78 is 11.0. The topological polar surface area (TPSA) is 55.8 Å². The van der Waals surface area contributed by atoms with Crippen LogP contribution in [0.3, 0.4) is 0 Å². The molecule has 2 rings (SSSR count). The molecule has 0 spiro atoms. The van der Waals surface area contributed by atoms with Gasteiger partial charge in [-0.25, -0.2) is 0 Å². The third kappa shape index (κ3) is 4.96. The molecule has 122 valence electrons. The molecule has 0 aliphatic heterocycles. The summed E-state index contributed by atoms with van der Waals surface area (Å²) in [7, 11) is 0. The van der Waals surface area contributed by atoms with E-state index in [1.165, 1.54) is 12.8 Å². The van der Waals surface area contributed by atoms with Gasteiger partial charge < -0.3 is 14.6 Å². The summed E-state index contributed by atoms with van der Waals surface area (Å²) in [5.74, 6) is 0.662. The van der Waals surface area contributed by atoms with Crippen molar-refractivity contribution in [3.8, 4) is 0 Å². The maximum Gasteiger partial charge on any atom is 0.308 e. The van der Waals surface area contributed by atoms with Crippen molar-refractivity contribution in [2.24, 2.45) is 11.8 Å². The molecule has 2 aliphatic carbocycles. The van der Waals surface area contributed by atoms with E-state index in [1.807, 2.05) is 6.92 Å². The van der Waals surface area contributed by atoms with Crippen LogP contribution in [0.1, 0.15) is 65.2 Å². The molecular weight excluding hydrogens is 268 g/mol. The standard InChI is InChI=1S/C17H30O4/c1-3-20-16(18)14-8-10-17(19,11-9-14)12-21-15-6-4-13(2)5-7-15/h13-15,19H,3-12H2,1-2H3. The molecule has 2 aliphatic rings. The fourth-order valence-corrected chi connectivity index (χ4v) is 3.46. The highest BCUT2D eigenvalue weighted by molar-refractivity contribution is 5.72. The Morgan fingerprint density at radius 1 is 1.14 bits per heavy atom. The van der Waals surface area contributed by atoms with Crippen molar-refractivity contribution in [1.82, 2.24) is 0 Å². The molecule has 1 N–H and O–H groups in total. The Hall–Kier alpha value is -0.610. The number of rotatable bonds is 5. The van der Waals surface area contributed by atoms with Crippen LogP contribution in [0.5, 0.6) is 0 Å². The molecule has 4 heteroatoms. The van der Waals surface area contributed by atoms with Crippen molar-refractivity contribution in [2.75, 3.05) is 13.2 Å². The number of hydrogen-bond acceptors (Lipinski definition) is 4. The van der Waals surface area contributed by atoms with Gasteiger partial charge in [0.1, 0.15) is 0 Å². The summed E-state index contributed by atoms with van der Waals surface area (Å²) >= 11 is 0. The molecule has 0 saturated heterocycles. The Labute approximate surface area is 128 Å². The van der Waals surface area contributed by atoms with Gasteiger partial charge in [0, 0.05) is 0 Å². The van der Waals surface area contributed by atoms with Gasteiger partial charge in [-0.05, 0) is 64.2 Å². The molecule has 0 aromatic carbocycles. The van der Waals surface area contributed by atoms with Crippen LogP contribution in [-0.2, 0) is 14.3 Å². The molecule has 21 heavy (non-hydrogen) atoms. The lowest BCUT2D eigenvalue weighted by atomic mass is 9.79. The summed E-state index contributed by atoms with van der Waals surface area (Å²) in [6.07, 6.45) is 7.70.